The maximum Gasteiger partial charge on any atom is 0.136 e. The van der Waals surface area contributed by atoms with Gasteiger partial charge in [0.1, 0.15) is 5.78 Å². The molecule has 0 rings (SSSR count). The van der Waals surface area contributed by atoms with Crippen molar-refractivity contribution in [2.24, 2.45) is 0 Å². The molecule has 0 bridgehead atoms. The average Bonchev–Trinajstić information content (AvgIpc) is 2.24. The van der Waals surface area contributed by atoms with E-state index in [4.69, 9.17) is 0 Å². The van der Waals surface area contributed by atoms with Crippen molar-refractivity contribution in [3.63, 3.8) is 0 Å². The van der Waals surface area contributed by atoms with Gasteiger partial charge in [-0.25, -0.2) is 0 Å². The summed E-state index contributed by atoms with van der Waals surface area (Å²) >= 11 is 0. The molecule has 2 radical (unpaired) electrons. The molecule has 0 aromatic rings. The fraction of sp³-hybridized carbons (Fsp3) is 0.786. The number of carbonyl (C=O) groups is 1. The van der Waals surface area contributed by atoms with E-state index in [-0.39, 0.29) is 0 Å². The molecule has 0 aliphatic carbocycles. The predicted octanol–water partition coefficient (Wildman–Crippen LogP) is 4.51. The molecule has 0 fully saturated rings. The van der Waals surface area contributed by atoms with Crippen molar-refractivity contribution in [3.8, 4) is 0 Å². The summed E-state index contributed by atoms with van der Waals surface area (Å²) in [5, 5.41) is 0. The van der Waals surface area contributed by atoms with Crippen molar-refractivity contribution in [2.75, 3.05) is 0 Å². The van der Waals surface area contributed by atoms with Gasteiger partial charge in [0.15, 0.2) is 0 Å². The number of hydrogen-bond acceptors (Lipinski definition) is 1. The second-order valence-corrected chi connectivity index (χ2v) is 4.18. The number of carbonyl (C=O) groups excluding carboxylic acids is 1. The summed E-state index contributed by atoms with van der Waals surface area (Å²) < 4.78 is 0. The predicted molar refractivity (Wildman–Crippen MR) is 66.5 cm³/mol. The Bertz CT molecular complexity index is 140. The maximum absolute atomic E-state index is 11.4. The van der Waals surface area contributed by atoms with Crippen LogP contribution in [0.3, 0.4) is 0 Å². The van der Waals surface area contributed by atoms with Crippen molar-refractivity contribution >= 4 is 5.78 Å². The van der Waals surface area contributed by atoms with Crippen LogP contribution in [0.5, 0.6) is 0 Å². The first-order chi connectivity index (χ1) is 7.31. The summed E-state index contributed by atoms with van der Waals surface area (Å²) in [5.74, 6) is 0.343. The minimum absolute atomic E-state index is 0.343. The van der Waals surface area contributed by atoms with Crippen LogP contribution in [-0.4, -0.2) is 5.78 Å². The highest BCUT2D eigenvalue weighted by molar-refractivity contribution is 5.86. The Labute approximate surface area is 95.6 Å². The molecule has 1 nitrogen and oxygen atoms in total. The quantitative estimate of drug-likeness (QED) is 0.458. The van der Waals surface area contributed by atoms with Crippen LogP contribution in [0.15, 0.2) is 0 Å². The summed E-state index contributed by atoms with van der Waals surface area (Å²) in [5.41, 5.74) is 0. The van der Waals surface area contributed by atoms with Gasteiger partial charge in [-0.2, -0.15) is 0 Å². The monoisotopic (exact) mass is 210 g/mol. The summed E-state index contributed by atoms with van der Waals surface area (Å²) in [7, 11) is 0. The minimum Gasteiger partial charge on any atom is -0.299 e. The Morgan fingerprint density at radius 2 is 1.80 bits per heavy atom. The van der Waals surface area contributed by atoms with Crippen molar-refractivity contribution in [1.82, 2.24) is 0 Å². The number of hydrogen-bond donors (Lipinski definition) is 0. The van der Waals surface area contributed by atoms with Crippen LogP contribution in [-0.2, 0) is 4.79 Å². The van der Waals surface area contributed by atoms with E-state index in [0.717, 1.165) is 38.5 Å². The molecule has 0 aliphatic rings. The molecule has 0 saturated heterocycles. The molecule has 0 aromatic heterocycles. The van der Waals surface area contributed by atoms with Crippen molar-refractivity contribution < 1.29 is 4.79 Å². The Morgan fingerprint density at radius 1 is 1.07 bits per heavy atom. The molecule has 0 aliphatic heterocycles. The Hall–Kier alpha value is -0.330. The zero-order valence-corrected chi connectivity index (χ0v) is 10.3. The molecule has 88 valence electrons. The maximum atomic E-state index is 11.4. The van der Waals surface area contributed by atoms with Crippen LogP contribution in [0.25, 0.3) is 0 Å². The molecule has 0 spiro atoms. The molecule has 0 saturated carbocycles. The highest BCUT2D eigenvalue weighted by Crippen LogP contribution is 2.08. The van der Waals surface area contributed by atoms with Gasteiger partial charge in [-0.3, -0.25) is 4.79 Å². The lowest BCUT2D eigenvalue weighted by molar-refractivity contribution is -0.116. The average molecular weight is 210 g/mol. The van der Waals surface area contributed by atoms with Crippen LogP contribution in [0, 0.1) is 13.3 Å². The van der Waals surface area contributed by atoms with Crippen LogP contribution in [0.1, 0.15) is 71.1 Å². The second kappa shape index (κ2) is 11.7. The Balaban J connectivity index is 3.11. The lowest BCUT2D eigenvalue weighted by Gasteiger charge is -2.00. The topological polar surface area (TPSA) is 17.1 Å². The van der Waals surface area contributed by atoms with E-state index in [2.05, 4.69) is 13.8 Å². The molecule has 15 heavy (non-hydrogen) atoms. The zero-order valence-electron chi connectivity index (χ0n) is 10.3. The lowest BCUT2D eigenvalue weighted by atomic mass is 10.0. The number of rotatable bonds is 11. The molecule has 0 atom stereocenters. The molecule has 0 N–H and O–H groups in total. The fourth-order valence-electron chi connectivity index (χ4n) is 1.59. The molecule has 0 heterocycles. The first-order valence-electron chi connectivity index (χ1n) is 6.46. The normalized spacial score (nSPS) is 10.5. The van der Waals surface area contributed by atoms with Gasteiger partial charge >= 0.3 is 0 Å². The van der Waals surface area contributed by atoms with Crippen LogP contribution < -0.4 is 0 Å². The van der Waals surface area contributed by atoms with Gasteiger partial charge in [-0.1, -0.05) is 58.8 Å². The van der Waals surface area contributed by atoms with E-state index in [0.29, 0.717) is 5.78 Å². The SMILES string of the molecule is [CH2]CCCC[CH]C(=O)CCCCCCC. The molecule has 0 unspecified atom stereocenters. The number of Topliss-reactive ketones (excluding diaryl/α,β-unsaturated/α-hetero) is 1. The zero-order chi connectivity index (χ0) is 11.4. The van der Waals surface area contributed by atoms with E-state index in [1.807, 2.05) is 6.42 Å². The summed E-state index contributed by atoms with van der Waals surface area (Å²) in [6.07, 6.45) is 13.0. The van der Waals surface area contributed by atoms with Crippen LogP contribution in [0.4, 0.5) is 0 Å². The van der Waals surface area contributed by atoms with E-state index in [9.17, 15) is 4.79 Å². The van der Waals surface area contributed by atoms with Crippen LogP contribution >= 0.6 is 0 Å². The Morgan fingerprint density at radius 3 is 2.47 bits per heavy atom. The van der Waals surface area contributed by atoms with Gasteiger partial charge in [0.05, 0.1) is 0 Å². The molecular formula is C14H26O. The van der Waals surface area contributed by atoms with Gasteiger partial charge < -0.3 is 0 Å². The van der Waals surface area contributed by atoms with Gasteiger partial charge in [-0.05, 0) is 12.8 Å². The van der Waals surface area contributed by atoms with Crippen molar-refractivity contribution in [1.29, 1.82) is 0 Å². The molecule has 1 heteroatoms. The van der Waals surface area contributed by atoms with Gasteiger partial charge in [0.25, 0.3) is 0 Å². The third kappa shape index (κ3) is 11.6. The first kappa shape index (κ1) is 14.7. The number of unbranched alkanes of at least 4 members (excludes halogenated alkanes) is 7. The Kier molecular flexibility index (Phi) is 11.5. The smallest absolute Gasteiger partial charge is 0.136 e. The third-order valence-electron chi connectivity index (χ3n) is 2.60. The largest absolute Gasteiger partial charge is 0.299 e. The third-order valence-corrected chi connectivity index (χ3v) is 2.60. The first-order valence-corrected chi connectivity index (χ1v) is 6.46. The molecule has 0 aromatic carbocycles. The highest BCUT2D eigenvalue weighted by Gasteiger charge is 2.01. The molecular weight excluding hydrogens is 184 g/mol. The van der Waals surface area contributed by atoms with Crippen LogP contribution in [0.2, 0.25) is 0 Å². The van der Waals surface area contributed by atoms with E-state index in [1.165, 1.54) is 25.7 Å². The molecule has 0 amide bonds. The van der Waals surface area contributed by atoms with Gasteiger partial charge in [-0.15, -0.1) is 0 Å². The summed E-state index contributed by atoms with van der Waals surface area (Å²) in [4.78, 5) is 11.4. The minimum atomic E-state index is 0.343. The standard InChI is InChI=1S/C14H26O/c1-3-5-7-9-11-13-14(15)12-10-8-6-4-2/h12H,2-11,13H2,1H3. The summed E-state index contributed by atoms with van der Waals surface area (Å²) in [6, 6.07) is 0. The second-order valence-electron chi connectivity index (χ2n) is 4.18. The van der Waals surface area contributed by atoms with E-state index < -0.39 is 0 Å². The highest BCUT2D eigenvalue weighted by atomic mass is 16.1. The van der Waals surface area contributed by atoms with Gasteiger partial charge in [0.2, 0.25) is 0 Å². The van der Waals surface area contributed by atoms with Crippen molar-refractivity contribution in [2.45, 2.75) is 71.1 Å². The lowest BCUT2D eigenvalue weighted by Crippen LogP contribution is -1.98. The summed E-state index contributed by atoms with van der Waals surface area (Å²) in [6.45, 7) is 5.99. The van der Waals surface area contributed by atoms with E-state index in [1.54, 1.807) is 0 Å². The van der Waals surface area contributed by atoms with Gasteiger partial charge in [0, 0.05) is 12.8 Å². The fourth-order valence-corrected chi connectivity index (χ4v) is 1.59. The van der Waals surface area contributed by atoms with E-state index >= 15 is 0 Å². The number of ketones is 1. The van der Waals surface area contributed by atoms with Crippen molar-refractivity contribution in [3.05, 3.63) is 13.3 Å².